The lowest BCUT2D eigenvalue weighted by Crippen LogP contribution is -2.60. The molecule has 5 atom stereocenters. The number of hydrogen-bond acceptors (Lipinski definition) is 8. The predicted octanol–water partition coefficient (Wildman–Crippen LogP) is -2.25. The molecule has 1 aromatic rings. The van der Waals surface area contributed by atoms with E-state index < -0.39 is 72.3 Å². The first kappa shape index (κ1) is 25.7. The molecule has 2 amide bonds. The van der Waals surface area contributed by atoms with Crippen molar-refractivity contribution in [2.45, 2.75) is 43.7 Å². The van der Waals surface area contributed by atoms with Gasteiger partial charge in [-0.2, -0.15) is 0 Å². The normalized spacial score (nSPS) is 22.4. The number of nitrogens with one attached hydrogen (secondary N) is 2. The van der Waals surface area contributed by atoms with Crippen molar-refractivity contribution in [3.63, 3.8) is 0 Å². The Morgan fingerprint density at radius 3 is 2.42 bits per heavy atom. The minimum Gasteiger partial charge on any atom is -0.478 e. The Kier molecular flexibility index (Phi) is 8.85. The summed E-state index contributed by atoms with van der Waals surface area (Å²) in [6.07, 6.45) is -4.18. The van der Waals surface area contributed by atoms with E-state index in [-0.39, 0.29) is 6.42 Å². The van der Waals surface area contributed by atoms with Gasteiger partial charge in [-0.1, -0.05) is 12.1 Å². The van der Waals surface area contributed by atoms with Crippen LogP contribution in [-0.2, 0) is 25.5 Å². The fourth-order valence-corrected chi connectivity index (χ4v) is 3.13. The van der Waals surface area contributed by atoms with Gasteiger partial charge in [0.05, 0.1) is 25.1 Å². The zero-order chi connectivity index (χ0) is 24.7. The minimum absolute atomic E-state index is 0.153. The number of rotatable bonds is 8. The van der Waals surface area contributed by atoms with Crippen molar-refractivity contribution in [1.82, 2.24) is 10.6 Å². The molecule has 1 heterocycles. The number of guanidine groups is 1. The van der Waals surface area contributed by atoms with Crippen LogP contribution in [-0.4, -0.2) is 81.2 Å². The summed E-state index contributed by atoms with van der Waals surface area (Å²) < 4.78 is 18.2. The molecular weight excluding hydrogens is 443 g/mol. The largest absolute Gasteiger partial charge is 0.478 e. The molecule has 1 aliphatic rings. The quantitative estimate of drug-likeness (QED) is 0.162. The van der Waals surface area contributed by atoms with Crippen molar-refractivity contribution in [3.8, 4) is 0 Å². The summed E-state index contributed by atoms with van der Waals surface area (Å²) in [5.41, 5.74) is 6.28. The van der Waals surface area contributed by atoms with Crippen LogP contribution in [0.5, 0.6) is 0 Å². The summed E-state index contributed by atoms with van der Waals surface area (Å²) in [4.78, 5) is 39.4. The molecule has 0 bridgehead atoms. The number of carbonyl (C=O) groups excluding carboxylic acids is 2. The molecule has 13 heteroatoms. The number of aliphatic imine (C=N–C) groups is 1. The average Bonchev–Trinajstić information content (AvgIpc) is 2.74. The molecule has 33 heavy (non-hydrogen) atoms. The monoisotopic (exact) mass is 468 g/mol. The lowest BCUT2D eigenvalue weighted by molar-refractivity contribution is -0.145. The number of aliphatic carboxylic acids is 1. The number of carboxylic acids is 1. The number of amides is 2. The van der Waals surface area contributed by atoms with Gasteiger partial charge in [0, 0.05) is 6.92 Å². The first-order valence-corrected chi connectivity index (χ1v) is 9.75. The van der Waals surface area contributed by atoms with Crippen LogP contribution in [0, 0.1) is 5.82 Å². The highest BCUT2D eigenvalue weighted by molar-refractivity contribution is 5.97. The van der Waals surface area contributed by atoms with Crippen LogP contribution >= 0.6 is 0 Å². The third-order valence-electron chi connectivity index (χ3n) is 4.64. The fraction of sp³-hybridized carbons (Fsp3) is 0.400. The molecule has 0 saturated heterocycles. The summed E-state index contributed by atoms with van der Waals surface area (Å²) in [5, 5.41) is 43.3. The van der Waals surface area contributed by atoms with Crippen LogP contribution in [0.4, 0.5) is 4.39 Å². The van der Waals surface area contributed by atoms with E-state index in [1.165, 1.54) is 24.3 Å². The number of benzene rings is 1. The number of aliphatic hydroxyl groups excluding tert-OH is 3. The van der Waals surface area contributed by atoms with E-state index >= 15 is 0 Å². The fourth-order valence-electron chi connectivity index (χ4n) is 3.13. The number of carbonyl (C=O) groups is 3. The summed E-state index contributed by atoms with van der Waals surface area (Å²) in [6, 6.07) is 2.75. The molecule has 0 unspecified atom stereocenters. The lowest BCUT2D eigenvalue weighted by Gasteiger charge is -2.38. The predicted molar refractivity (Wildman–Crippen MR) is 111 cm³/mol. The maximum atomic E-state index is 13.0. The topological polar surface area (TPSA) is 204 Å². The van der Waals surface area contributed by atoms with E-state index in [1.54, 1.807) is 0 Å². The molecular formula is C20H25FN4O8. The van der Waals surface area contributed by atoms with Crippen molar-refractivity contribution in [3.05, 3.63) is 47.5 Å². The van der Waals surface area contributed by atoms with Gasteiger partial charge in [0.15, 0.2) is 5.96 Å². The number of halogens is 1. The molecule has 1 aromatic carbocycles. The SMILES string of the molecule is CC(=O)N[C@H]1[C@H]([C@H](O)[C@H](O)CO)OC(C(=O)O)=C[C@@H]1N=C(N)NC(=O)Cc1ccc(F)cc1. The smallest absolute Gasteiger partial charge is 0.370 e. The van der Waals surface area contributed by atoms with Crippen LogP contribution in [0.25, 0.3) is 0 Å². The van der Waals surface area contributed by atoms with Crippen molar-refractivity contribution in [2.75, 3.05) is 6.61 Å². The Balaban J connectivity index is 2.28. The molecule has 2 rings (SSSR count). The first-order chi connectivity index (χ1) is 15.5. The van der Waals surface area contributed by atoms with E-state index in [2.05, 4.69) is 15.6 Å². The highest BCUT2D eigenvalue weighted by Gasteiger charge is 2.43. The highest BCUT2D eigenvalue weighted by atomic mass is 19.1. The van der Waals surface area contributed by atoms with Crippen LogP contribution < -0.4 is 16.4 Å². The number of aliphatic hydroxyl groups is 3. The molecule has 0 saturated carbocycles. The Labute approximate surface area is 187 Å². The van der Waals surface area contributed by atoms with Gasteiger partial charge in [-0.3, -0.25) is 14.9 Å². The van der Waals surface area contributed by atoms with E-state index in [1.807, 2.05) is 0 Å². The van der Waals surface area contributed by atoms with Crippen molar-refractivity contribution < 1.29 is 43.9 Å². The van der Waals surface area contributed by atoms with Gasteiger partial charge in [0.1, 0.15) is 24.1 Å². The zero-order valence-electron chi connectivity index (χ0n) is 17.5. The molecule has 8 N–H and O–H groups in total. The van der Waals surface area contributed by atoms with Crippen LogP contribution in [0.2, 0.25) is 0 Å². The Morgan fingerprint density at radius 2 is 1.88 bits per heavy atom. The Bertz CT molecular complexity index is 936. The van der Waals surface area contributed by atoms with Gasteiger partial charge >= 0.3 is 5.97 Å². The van der Waals surface area contributed by atoms with Crippen molar-refractivity contribution in [2.24, 2.45) is 10.7 Å². The van der Waals surface area contributed by atoms with E-state index in [4.69, 9.17) is 15.6 Å². The van der Waals surface area contributed by atoms with Crippen LogP contribution in [0.15, 0.2) is 41.1 Å². The van der Waals surface area contributed by atoms with Crippen molar-refractivity contribution >= 4 is 23.7 Å². The highest BCUT2D eigenvalue weighted by Crippen LogP contribution is 2.25. The van der Waals surface area contributed by atoms with Crippen molar-refractivity contribution in [1.29, 1.82) is 0 Å². The van der Waals surface area contributed by atoms with Crippen LogP contribution in [0.1, 0.15) is 12.5 Å². The van der Waals surface area contributed by atoms with E-state index in [0.29, 0.717) is 5.56 Å². The van der Waals surface area contributed by atoms with Gasteiger partial charge < -0.3 is 36.2 Å². The lowest BCUT2D eigenvalue weighted by atomic mass is 9.92. The summed E-state index contributed by atoms with van der Waals surface area (Å²) >= 11 is 0. The van der Waals surface area contributed by atoms with Gasteiger partial charge in [0.25, 0.3) is 0 Å². The number of hydrogen-bond donors (Lipinski definition) is 7. The summed E-state index contributed by atoms with van der Waals surface area (Å²) in [6.45, 7) is 0.284. The molecule has 0 spiro atoms. The number of nitrogens with two attached hydrogens (primary N) is 1. The third-order valence-corrected chi connectivity index (χ3v) is 4.64. The Hall–Kier alpha value is -3.55. The second-order valence-corrected chi connectivity index (χ2v) is 7.24. The average molecular weight is 468 g/mol. The number of nitrogens with zero attached hydrogens (tertiary/aromatic N) is 1. The second-order valence-electron chi connectivity index (χ2n) is 7.24. The maximum absolute atomic E-state index is 13.0. The molecule has 0 fully saturated rings. The van der Waals surface area contributed by atoms with Gasteiger partial charge in [-0.25, -0.2) is 14.2 Å². The first-order valence-electron chi connectivity index (χ1n) is 9.75. The standard InChI is InChI=1S/C20H25FN4O8/c1-9(27)23-16-12(7-14(19(31)32)33-18(16)17(30)13(28)8-26)24-20(22)25-15(29)6-10-2-4-11(21)5-3-10/h2-5,7,12-13,16-18,26,28,30H,6,8H2,1H3,(H,23,27)(H,31,32)(H3,22,24,25,29)/t12-,13+,16+,17+,18+/m0/s1. The van der Waals surface area contributed by atoms with E-state index in [9.17, 15) is 34.1 Å². The second kappa shape index (κ2) is 11.4. The van der Waals surface area contributed by atoms with Gasteiger partial charge in [-0.15, -0.1) is 0 Å². The molecule has 0 radical (unpaired) electrons. The molecule has 0 aliphatic carbocycles. The maximum Gasteiger partial charge on any atom is 0.370 e. The summed E-state index contributed by atoms with van der Waals surface area (Å²) in [7, 11) is 0. The third kappa shape index (κ3) is 7.24. The van der Waals surface area contributed by atoms with Gasteiger partial charge in [0.2, 0.25) is 17.6 Å². The summed E-state index contributed by atoms with van der Waals surface area (Å²) in [5.74, 6) is -4.25. The minimum atomic E-state index is -1.80. The van der Waals surface area contributed by atoms with Gasteiger partial charge in [-0.05, 0) is 23.8 Å². The Morgan fingerprint density at radius 1 is 1.24 bits per heavy atom. The van der Waals surface area contributed by atoms with Crippen LogP contribution in [0.3, 0.4) is 0 Å². The molecule has 12 nitrogen and oxygen atoms in total. The molecule has 180 valence electrons. The zero-order valence-corrected chi connectivity index (χ0v) is 17.5. The number of carboxylic acid groups (broad SMARTS) is 1. The van der Waals surface area contributed by atoms with E-state index in [0.717, 1.165) is 13.0 Å². The number of ether oxygens (including phenoxy) is 1. The molecule has 1 aliphatic heterocycles. The molecule has 0 aromatic heterocycles.